The van der Waals surface area contributed by atoms with Crippen molar-refractivity contribution < 1.29 is 45.0 Å². The molecule has 2 aliphatic rings. The molecule has 174 valence electrons. The SMILES string of the molecule is CO[C@@H]1C[C@H](S(=O)(=O)c2ccc(N3CCC(F)(F)CC3)cc2C(F)(F)F)C[C@H]1C(=O)O. The quantitative estimate of drug-likeness (QED) is 0.661. The number of aliphatic carboxylic acids is 1. The van der Waals surface area contributed by atoms with Crippen molar-refractivity contribution in [2.24, 2.45) is 5.92 Å². The van der Waals surface area contributed by atoms with Crippen molar-refractivity contribution in [1.29, 1.82) is 0 Å². The van der Waals surface area contributed by atoms with Gasteiger partial charge < -0.3 is 14.7 Å². The number of nitrogens with zero attached hydrogens (tertiary/aromatic N) is 1. The summed E-state index contributed by atoms with van der Waals surface area (Å²) in [7, 11) is -3.31. The molecule has 1 N–H and O–H groups in total. The molecule has 0 bridgehead atoms. The van der Waals surface area contributed by atoms with Crippen molar-refractivity contribution in [2.45, 2.75) is 54.0 Å². The van der Waals surface area contributed by atoms with E-state index < -0.39 is 68.5 Å². The average molecular weight is 471 g/mol. The van der Waals surface area contributed by atoms with Gasteiger partial charge >= 0.3 is 12.1 Å². The Balaban J connectivity index is 1.96. The molecule has 0 unspecified atom stereocenters. The molecule has 0 aromatic heterocycles. The summed E-state index contributed by atoms with van der Waals surface area (Å²) in [6, 6.07) is 2.66. The van der Waals surface area contributed by atoms with Gasteiger partial charge in [-0.15, -0.1) is 0 Å². The summed E-state index contributed by atoms with van der Waals surface area (Å²) in [6.07, 6.45) is -7.56. The minimum absolute atomic E-state index is 0.00591. The van der Waals surface area contributed by atoms with Gasteiger partial charge in [0, 0.05) is 38.7 Å². The number of carbonyl (C=O) groups is 1. The van der Waals surface area contributed by atoms with E-state index >= 15 is 0 Å². The standard InChI is InChI=1S/C19H22F5NO5S/c1-30-15-10-12(9-13(15)17(26)27)31(28,29)16-3-2-11(8-14(16)19(22,23)24)25-6-4-18(20,21)5-7-25/h2-3,8,12-13,15H,4-7,9-10H2,1H3,(H,26,27)/t12-,13-,15-/m1/s1. The van der Waals surface area contributed by atoms with Gasteiger partial charge in [-0.05, 0) is 31.0 Å². The number of carboxylic acids is 1. The van der Waals surface area contributed by atoms with E-state index in [-0.39, 0.29) is 31.6 Å². The maximum Gasteiger partial charge on any atom is 0.417 e. The second-order valence-corrected chi connectivity index (χ2v) is 10.1. The predicted octanol–water partition coefficient (Wildman–Crippen LogP) is 3.59. The summed E-state index contributed by atoms with van der Waals surface area (Å²) in [6.45, 7) is -0.316. The Kier molecular flexibility index (Phi) is 6.27. The van der Waals surface area contributed by atoms with Gasteiger partial charge in [-0.2, -0.15) is 13.2 Å². The normalized spacial score (nSPS) is 26.8. The number of halogens is 5. The van der Waals surface area contributed by atoms with Gasteiger partial charge in [-0.1, -0.05) is 0 Å². The topological polar surface area (TPSA) is 83.9 Å². The lowest BCUT2D eigenvalue weighted by Crippen LogP contribution is -2.39. The molecule has 1 saturated carbocycles. The molecule has 1 aromatic carbocycles. The highest BCUT2D eigenvalue weighted by Gasteiger charge is 2.48. The smallest absolute Gasteiger partial charge is 0.417 e. The van der Waals surface area contributed by atoms with E-state index in [1.54, 1.807) is 0 Å². The van der Waals surface area contributed by atoms with Crippen LogP contribution in [0.25, 0.3) is 0 Å². The molecule has 3 atom stereocenters. The van der Waals surface area contributed by atoms with Crippen LogP contribution in [-0.2, 0) is 25.5 Å². The second-order valence-electron chi connectivity index (χ2n) is 7.88. The first-order valence-electron chi connectivity index (χ1n) is 9.60. The van der Waals surface area contributed by atoms with Crippen LogP contribution >= 0.6 is 0 Å². The molecule has 31 heavy (non-hydrogen) atoms. The third kappa shape index (κ3) is 4.79. The van der Waals surface area contributed by atoms with Crippen LogP contribution in [0.2, 0.25) is 0 Å². The fraction of sp³-hybridized carbons (Fsp3) is 0.632. The Morgan fingerprint density at radius 3 is 2.29 bits per heavy atom. The Morgan fingerprint density at radius 2 is 1.81 bits per heavy atom. The molecule has 1 aromatic rings. The van der Waals surface area contributed by atoms with Gasteiger partial charge in [0.15, 0.2) is 9.84 Å². The number of piperidine rings is 1. The highest BCUT2D eigenvalue weighted by atomic mass is 32.2. The summed E-state index contributed by atoms with van der Waals surface area (Å²) < 4.78 is 99.1. The molecule has 2 fully saturated rings. The lowest BCUT2D eigenvalue weighted by molar-refractivity contribution is -0.145. The lowest BCUT2D eigenvalue weighted by Gasteiger charge is -2.34. The number of hydrogen-bond donors (Lipinski definition) is 1. The van der Waals surface area contributed by atoms with Crippen LogP contribution in [0, 0.1) is 5.92 Å². The largest absolute Gasteiger partial charge is 0.481 e. The molecule has 1 aliphatic carbocycles. The van der Waals surface area contributed by atoms with E-state index in [2.05, 4.69) is 0 Å². The monoisotopic (exact) mass is 471 g/mol. The van der Waals surface area contributed by atoms with Crippen molar-refractivity contribution in [3.63, 3.8) is 0 Å². The van der Waals surface area contributed by atoms with Crippen molar-refractivity contribution in [2.75, 3.05) is 25.1 Å². The molecule has 0 spiro atoms. The molecular weight excluding hydrogens is 449 g/mol. The minimum Gasteiger partial charge on any atom is -0.481 e. The first-order valence-corrected chi connectivity index (χ1v) is 11.1. The maximum absolute atomic E-state index is 13.8. The minimum atomic E-state index is -5.01. The van der Waals surface area contributed by atoms with Crippen LogP contribution in [-0.4, -0.2) is 57.0 Å². The van der Waals surface area contributed by atoms with Crippen molar-refractivity contribution in [3.05, 3.63) is 23.8 Å². The maximum atomic E-state index is 13.8. The number of ether oxygens (including phenoxy) is 1. The van der Waals surface area contributed by atoms with E-state index in [0.29, 0.717) is 6.07 Å². The van der Waals surface area contributed by atoms with Gasteiger partial charge in [0.05, 0.1) is 27.7 Å². The molecule has 6 nitrogen and oxygen atoms in total. The number of sulfone groups is 1. The molecule has 12 heteroatoms. The number of alkyl halides is 5. The van der Waals surface area contributed by atoms with Gasteiger partial charge in [-0.3, -0.25) is 4.79 Å². The molecule has 3 rings (SSSR count). The van der Waals surface area contributed by atoms with E-state index in [4.69, 9.17) is 4.74 Å². The molecule has 0 amide bonds. The van der Waals surface area contributed by atoms with Crippen molar-refractivity contribution >= 4 is 21.5 Å². The van der Waals surface area contributed by atoms with E-state index in [0.717, 1.165) is 6.07 Å². The summed E-state index contributed by atoms with van der Waals surface area (Å²) >= 11 is 0. The summed E-state index contributed by atoms with van der Waals surface area (Å²) in [5.41, 5.74) is -1.39. The van der Waals surface area contributed by atoms with Gasteiger partial charge in [0.1, 0.15) is 0 Å². The van der Waals surface area contributed by atoms with Crippen LogP contribution in [0.5, 0.6) is 0 Å². The van der Waals surface area contributed by atoms with Crippen LogP contribution in [0.3, 0.4) is 0 Å². The van der Waals surface area contributed by atoms with Crippen LogP contribution in [0.15, 0.2) is 23.1 Å². The number of methoxy groups -OCH3 is 1. The van der Waals surface area contributed by atoms with Gasteiger partial charge in [0.25, 0.3) is 5.92 Å². The van der Waals surface area contributed by atoms with E-state index in [1.807, 2.05) is 0 Å². The lowest BCUT2D eigenvalue weighted by atomic mass is 10.1. The highest BCUT2D eigenvalue weighted by molar-refractivity contribution is 7.92. The molecule has 1 saturated heterocycles. The Labute approximate surface area is 175 Å². The average Bonchev–Trinajstić information content (AvgIpc) is 3.12. The summed E-state index contributed by atoms with van der Waals surface area (Å²) in [5, 5.41) is 7.91. The molecular formula is C19H22F5NO5S. The molecule has 1 heterocycles. The first-order chi connectivity index (χ1) is 14.3. The van der Waals surface area contributed by atoms with Crippen molar-refractivity contribution in [1.82, 2.24) is 0 Å². The number of rotatable bonds is 5. The zero-order valence-corrected chi connectivity index (χ0v) is 17.3. The van der Waals surface area contributed by atoms with Gasteiger partial charge in [-0.25, -0.2) is 17.2 Å². The van der Waals surface area contributed by atoms with Crippen LogP contribution in [0.4, 0.5) is 27.6 Å². The fourth-order valence-electron chi connectivity index (χ4n) is 4.18. The zero-order chi connectivity index (χ0) is 23.2. The first kappa shape index (κ1) is 23.7. The Bertz CT molecular complexity index is 939. The Hall–Kier alpha value is -1.95. The predicted molar refractivity (Wildman–Crippen MR) is 100.0 cm³/mol. The van der Waals surface area contributed by atoms with Gasteiger partial charge in [0.2, 0.25) is 0 Å². The number of benzene rings is 1. The number of carboxylic acid groups (broad SMARTS) is 1. The van der Waals surface area contributed by atoms with Crippen LogP contribution < -0.4 is 4.90 Å². The number of anilines is 1. The fourth-order valence-corrected chi connectivity index (χ4v) is 6.19. The third-order valence-electron chi connectivity index (χ3n) is 5.95. The summed E-state index contributed by atoms with van der Waals surface area (Å²) in [4.78, 5) is 11.8. The molecule has 0 radical (unpaired) electrons. The van der Waals surface area contributed by atoms with E-state index in [9.17, 15) is 40.3 Å². The van der Waals surface area contributed by atoms with Crippen LogP contribution in [0.1, 0.15) is 31.2 Å². The zero-order valence-electron chi connectivity index (χ0n) is 16.5. The summed E-state index contributed by atoms with van der Waals surface area (Å²) in [5.74, 6) is -5.31. The van der Waals surface area contributed by atoms with Crippen molar-refractivity contribution in [3.8, 4) is 0 Å². The van der Waals surface area contributed by atoms with E-state index in [1.165, 1.54) is 18.1 Å². The highest BCUT2D eigenvalue weighted by Crippen LogP contribution is 2.42. The molecule has 1 aliphatic heterocycles. The third-order valence-corrected chi connectivity index (χ3v) is 8.19. The second kappa shape index (κ2) is 8.19. The Morgan fingerprint density at radius 1 is 1.19 bits per heavy atom. The number of hydrogen-bond acceptors (Lipinski definition) is 5.